The van der Waals surface area contributed by atoms with Crippen LogP contribution in [0.2, 0.25) is 0 Å². The van der Waals surface area contributed by atoms with Crippen molar-refractivity contribution in [1.82, 2.24) is 24.9 Å². The first kappa shape index (κ1) is 19.4. The lowest BCUT2D eigenvalue weighted by atomic mass is 9.73. The van der Waals surface area contributed by atoms with Crippen molar-refractivity contribution in [2.24, 2.45) is 13.0 Å². The molecule has 8 heteroatoms. The van der Waals surface area contributed by atoms with Gasteiger partial charge in [0, 0.05) is 31.9 Å². The van der Waals surface area contributed by atoms with Gasteiger partial charge in [-0.3, -0.25) is 19.2 Å². The quantitative estimate of drug-likeness (QED) is 0.808. The second-order valence-corrected chi connectivity index (χ2v) is 7.96. The van der Waals surface area contributed by atoms with E-state index in [4.69, 9.17) is 0 Å². The van der Waals surface area contributed by atoms with E-state index in [1.165, 1.54) is 0 Å². The molecule has 27 heavy (non-hydrogen) atoms. The van der Waals surface area contributed by atoms with Crippen LogP contribution in [0.5, 0.6) is 0 Å². The number of carbonyl (C=O) groups excluding carboxylic acids is 3. The standard InChI is InChI=1S/C19H29N5O3/c1-12-8-6-7-9-19(12)17(26)24(18(27)20-19)11-16(25)22(4)10-15-13(2)21-23(5)14(15)3/h12H,6-11H2,1-5H3,(H,20,27)/t12-,19+/m1/s1. The fraction of sp³-hybridized carbons (Fsp3) is 0.684. The summed E-state index contributed by atoms with van der Waals surface area (Å²) in [7, 11) is 3.55. The Bertz CT molecular complexity index is 787. The highest BCUT2D eigenvalue weighted by Gasteiger charge is 2.55. The summed E-state index contributed by atoms with van der Waals surface area (Å²) in [5, 5.41) is 7.25. The Morgan fingerprint density at radius 2 is 2.04 bits per heavy atom. The molecule has 1 saturated carbocycles. The fourth-order valence-corrected chi connectivity index (χ4v) is 4.27. The third-order valence-corrected chi connectivity index (χ3v) is 6.27. The van der Waals surface area contributed by atoms with Gasteiger partial charge in [0.2, 0.25) is 5.91 Å². The Hall–Kier alpha value is -2.38. The van der Waals surface area contributed by atoms with Crippen LogP contribution < -0.4 is 5.32 Å². The number of likely N-dealkylation sites (N-methyl/N-ethyl adjacent to an activating group) is 1. The molecule has 4 amide bonds. The molecule has 8 nitrogen and oxygen atoms in total. The van der Waals surface area contributed by atoms with Gasteiger partial charge in [0.15, 0.2) is 0 Å². The third-order valence-electron chi connectivity index (χ3n) is 6.27. The summed E-state index contributed by atoms with van der Waals surface area (Å²) < 4.78 is 1.79. The Kier molecular flexibility index (Phi) is 5.01. The molecule has 2 aliphatic rings. The van der Waals surface area contributed by atoms with Gasteiger partial charge in [-0.05, 0) is 32.6 Å². The zero-order valence-corrected chi connectivity index (χ0v) is 16.8. The van der Waals surface area contributed by atoms with Gasteiger partial charge < -0.3 is 10.2 Å². The monoisotopic (exact) mass is 375 g/mol. The highest BCUT2D eigenvalue weighted by atomic mass is 16.2. The van der Waals surface area contributed by atoms with Crippen molar-refractivity contribution < 1.29 is 14.4 Å². The van der Waals surface area contributed by atoms with E-state index < -0.39 is 11.6 Å². The van der Waals surface area contributed by atoms with Crippen molar-refractivity contribution in [1.29, 1.82) is 0 Å². The molecule has 0 bridgehead atoms. The summed E-state index contributed by atoms with van der Waals surface area (Å²) >= 11 is 0. The van der Waals surface area contributed by atoms with Gasteiger partial charge in [-0.2, -0.15) is 5.10 Å². The molecule has 2 fully saturated rings. The normalized spacial score (nSPS) is 25.2. The molecule has 1 spiro atoms. The van der Waals surface area contributed by atoms with Crippen LogP contribution in [0.1, 0.15) is 49.6 Å². The number of urea groups is 1. The fourth-order valence-electron chi connectivity index (χ4n) is 4.27. The second-order valence-electron chi connectivity index (χ2n) is 7.96. The molecule has 3 rings (SSSR count). The SMILES string of the molecule is Cc1nn(C)c(C)c1CN(C)C(=O)CN1C(=O)N[C@]2(CCCC[C@H]2C)C1=O. The number of aryl methyl sites for hydroxylation is 2. The molecule has 2 atom stereocenters. The van der Waals surface area contributed by atoms with Crippen LogP contribution in [-0.4, -0.2) is 56.6 Å². The van der Waals surface area contributed by atoms with E-state index in [9.17, 15) is 14.4 Å². The summed E-state index contributed by atoms with van der Waals surface area (Å²) in [4.78, 5) is 40.8. The molecular weight excluding hydrogens is 346 g/mol. The number of amides is 4. The molecule has 1 aliphatic carbocycles. The maximum absolute atomic E-state index is 13.0. The molecule has 0 aromatic carbocycles. The topological polar surface area (TPSA) is 87.5 Å². The largest absolute Gasteiger partial charge is 0.340 e. The first-order chi connectivity index (χ1) is 12.7. The molecule has 1 aromatic heterocycles. The highest BCUT2D eigenvalue weighted by molar-refractivity contribution is 6.09. The lowest BCUT2D eigenvalue weighted by Crippen LogP contribution is -2.54. The molecule has 1 N–H and O–H groups in total. The zero-order valence-electron chi connectivity index (χ0n) is 16.8. The average molecular weight is 375 g/mol. The summed E-state index contributed by atoms with van der Waals surface area (Å²) in [6, 6.07) is -0.454. The predicted octanol–water partition coefficient (Wildman–Crippen LogP) is 1.50. The Labute approximate surface area is 159 Å². The van der Waals surface area contributed by atoms with E-state index in [0.29, 0.717) is 13.0 Å². The molecule has 1 aromatic rings. The van der Waals surface area contributed by atoms with Crippen molar-refractivity contribution >= 4 is 17.8 Å². The molecule has 2 heterocycles. The maximum Gasteiger partial charge on any atom is 0.325 e. The molecular formula is C19H29N5O3. The molecule has 1 aliphatic heterocycles. The molecule has 0 radical (unpaired) electrons. The minimum absolute atomic E-state index is 0.0845. The first-order valence-corrected chi connectivity index (χ1v) is 9.54. The van der Waals surface area contributed by atoms with Crippen LogP contribution >= 0.6 is 0 Å². The van der Waals surface area contributed by atoms with E-state index in [0.717, 1.165) is 41.1 Å². The van der Waals surface area contributed by atoms with E-state index in [2.05, 4.69) is 10.4 Å². The van der Waals surface area contributed by atoms with Crippen molar-refractivity contribution in [3.05, 3.63) is 17.0 Å². The number of hydrogen-bond donors (Lipinski definition) is 1. The van der Waals surface area contributed by atoms with Crippen molar-refractivity contribution in [2.75, 3.05) is 13.6 Å². The number of nitrogens with one attached hydrogen (secondary N) is 1. The van der Waals surface area contributed by atoms with Crippen LogP contribution in [0.15, 0.2) is 0 Å². The van der Waals surface area contributed by atoms with Gasteiger partial charge >= 0.3 is 6.03 Å². The lowest BCUT2D eigenvalue weighted by Gasteiger charge is -2.36. The molecule has 148 valence electrons. The maximum atomic E-state index is 13.0. The van der Waals surface area contributed by atoms with Crippen LogP contribution in [0.4, 0.5) is 4.79 Å². The third kappa shape index (κ3) is 3.21. The second kappa shape index (κ2) is 6.98. The number of nitrogens with zero attached hydrogens (tertiary/aromatic N) is 4. The summed E-state index contributed by atoms with van der Waals surface area (Å²) in [6.45, 7) is 6.04. The van der Waals surface area contributed by atoms with Crippen LogP contribution in [0.25, 0.3) is 0 Å². The smallest absolute Gasteiger partial charge is 0.325 e. The van der Waals surface area contributed by atoms with Gasteiger partial charge in [-0.15, -0.1) is 0 Å². The summed E-state index contributed by atoms with van der Waals surface area (Å²) in [6.07, 6.45) is 3.54. The minimum atomic E-state index is -0.829. The van der Waals surface area contributed by atoms with Crippen molar-refractivity contribution in [2.45, 2.75) is 58.5 Å². The summed E-state index contributed by atoms with van der Waals surface area (Å²) in [5.74, 6) is -0.432. The number of aromatic nitrogens is 2. The Morgan fingerprint density at radius 1 is 1.33 bits per heavy atom. The first-order valence-electron chi connectivity index (χ1n) is 9.54. The number of rotatable bonds is 4. The van der Waals surface area contributed by atoms with E-state index in [1.807, 2.05) is 27.8 Å². The van der Waals surface area contributed by atoms with Crippen LogP contribution in [0, 0.1) is 19.8 Å². The predicted molar refractivity (Wildman–Crippen MR) is 99.8 cm³/mol. The number of carbonyl (C=O) groups is 3. The minimum Gasteiger partial charge on any atom is -0.340 e. The van der Waals surface area contributed by atoms with Gasteiger partial charge in [0.1, 0.15) is 12.1 Å². The van der Waals surface area contributed by atoms with Crippen LogP contribution in [-0.2, 0) is 23.2 Å². The highest BCUT2D eigenvalue weighted by Crippen LogP contribution is 2.38. The van der Waals surface area contributed by atoms with Crippen molar-refractivity contribution in [3.63, 3.8) is 0 Å². The molecule has 0 unspecified atom stereocenters. The van der Waals surface area contributed by atoms with Crippen molar-refractivity contribution in [3.8, 4) is 0 Å². The van der Waals surface area contributed by atoms with E-state index in [-0.39, 0.29) is 24.3 Å². The Balaban J connectivity index is 1.70. The van der Waals surface area contributed by atoms with Crippen LogP contribution in [0.3, 0.4) is 0 Å². The molecule has 1 saturated heterocycles. The van der Waals surface area contributed by atoms with Gasteiger partial charge in [-0.1, -0.05) is 19.8 Å². The van der Waals surface area contributed by atoms with E-state index >= 15 is 0 Å². The summed E-state index contributed by atoms with van der Waals surface area (Å²) in [5.41, 5.74) is 2.03. The zero-order chi connectivity index (χ0) is 19.9. The average Bonchev–Trinajstić information content (AvgIpc) is 2.99. The van der Waals surface area contributed by atoms with Gasteiger partial charge in [0.25, 0.3) is 5.91 Å². The number of hydrogen-bond acceptors (Lipinski definition) is 4. The van der Waals surface area contributed by atoms with E-state index in [1.54, 1.807) is 16.6 Å². The number of imide groups is 1. The Morgan fingerprint density at radius 3 is 2.63 bits per heavy atom. The van der Waals surface area contributed by atoms with Gasteiger partial charge in [-0.25, -0.2) is 4.79 Å². The van der Waals surface area contributed by atoms with Gasteiger partial charge in [0.05, 0.1) is 5.69 Å². The lowest BCUT2D eigenvalue weighted by molar-refractivity contribution is -0.140.